The van der Waals surface area contributed by atoms with Gasteiger partial charge in [-0.2, -0.15) is 0 Å². The molecule has 1 nitrogen and oxygen atoms in total. The Hall–Kier alpha value is -0.690. The highest BCUT2D eigenvalue weighted by molar-refractivity contribution is 6.21. The Bertz CT molecular complexity index is 285. The summed E-state index contributed by atoms with van der Waals surface area (Å²) >= 11 is 6.22. The molecule has 1 aromatic rings. The molecule has 0 saturated heterocycles. The molecule has 0 aliphatic rings. The van der Waals surface area contributed by atoms with Crippen LogP contribution in [0.3, 0.4) is 0 Å². The van der Waals surface area contributed by atoms with E-state index in [2.05, 4.69) is 19.9 Å². The SMILES string of the molecule is CCC(Cl)C(C)c1ccccc1OC. The van der Waals surface area contributed by atoms with Crippen LogP contribution in [0.4, 0.5) is 0 Å². The van der Waals surface area contributed by atoms with Crippen LogP contribution in [-0.2, 0) is 0 Å². The van der Waals surface area contributed by atoms with Crippen molar-refractivity contribution in [3.8, 4) is 5.75 Å². The van der Waals surface area contributed by atoms with Crippen LogP contribution in [0.25, 0.3) is 0 Å². The number of para-hydroxylation sites is 1. The normalized spacial score (nSPS) is 14.9. The molecule has 2 heteroatoms. The van der Waals surface area contributed by atoms with Gasteiger partial charge in [0.2, 0.25) is 0 Å². The third kappa shape index (κ3) is 2.42. The van der Waals surface area contributed by atoms with Crippen molar-refractivity contribution in [2.75, 3.05) is 7.11 Å². The van der Waals surface area contributed by atoms with Crippen molar-refractivity contribution in [2.45, 2.75) is 31.6 Å². The highest BCUT2D eigenvalue weighted by atomic mass is 35.5. The monoisotopic (exact) mass is 212 g/mol. The molecular formula is C12H17ClO. The highest BCUT2D eigenvalue weighted by Gasteiger charge is 2.17. The standard InChI is InChI=1S/C12H17ClO/c1-4-11(13)9(2)10-7-5-6-8-12(10)14-3/h5-9,11H,4H2,1-3H3. The lowest BCUT2D eigenvalue weighted by Crippen LogP contribution is -2.09. The van der Waals surface area contributed by atoms with Crippen molar-refractivity contribution in [1.29, 1.82) is 0 Å². The second-order valence-corrected chi connectivity index (χ2v) is 4.02. The molecule has 0 spiro atoms. The maximum Gasteiger partial charge on any atom is 0.122 e. The minimum absolute atomic E-state index is 0.172. The maximum atomic E-state index is 6.22. The van der Waals surface area contributed by atoms with Crippen molar-refractivity contribution in [3.63, 3.8) is 0 Å². The largest absolute Gasteiger partial charge is 0.496 e. The molecular weight excluding hydrogens is 196 g/mol. The first-order valence-electron chi connectivity index (χ1n) is 4.97. The van der Waals surface area contributed by atoms with E-state index in [1.54, 1.807) is 7.11 Å². The van der Waals surface area contributed by atoms with E-state index < -0.39 is 0 Å². The summed E-state index contributed by atoms with van der Waals surface area (Å²) in [6.07, 6.45) is 0.973. The molecule has 0 aliphatic heterocycles. The molecule has 78 valence electrons. The first-order valence-corrected chi connectivity index (χ1v) is 5.41. The number of rotatable bonds is 4. The van der Waals surface area contributed by atoms with Gasteiger partial charge in [0.15, 0.2) is 0 Å². The molecule has 14 heavy (non-hydrogen) atoms. The molecule has 1 aromatic carbocycles. The Balaban J connectivity index is 2.93. The van der Waals surface area contributed by atoms with Gasteiger partial charge in [0.1, 0.15) is 5.75 Å². The zero-order valence-electron chi connectivity index (χ0n) is 8.96. The van der Waals surface area contributed by atoms with Gasteiger partial charge in [-0.15, -0.1) is 11.6 Å². The van der Waals surface area contributed by atoms with Gasteiger partial charge in [-0.25, -0.2) is 0 Å². The second-order valence-electron chi connectivity index (χ2n) is 3.45. The third-order valence-electron chi connectivity index (χ3n) is 2.56. The van der Waals surface area contributed by atoms with Crippen LogP contribution in [0.15, 0.2) is 24.3 Å². The van der Waals surface area contributed by atoms with E-state index in [4.69, 9.17) is 16.3 Å². The lowest BCUT2D eigenvalue weighted by molar-refractivity contribution is 0.405. The van der Waals surface area contributed by atoms with E-state index in [0.717, 1.165) is 12.2 Å². The summed E-state index contributed by atoms with van der Waals surface area (Å²) < 4.78 is 5.30. The van der Waals surface area contributed by atoms with Crippen LogP contribution in [-0.4, -0.2) is 12.5 Å². The van der Waals surface area contributed by atoms with E-state index in [1.807, 2.05) is 18.2 Å². The van der Waals surface area contributed by atoms with E-state index in [-0.39, 0.29) is 5.38 Å². The summed E-state index contributed by atoms with van der Waals surface area (Å²) in [6.45, 7) is 4.24. The summed E-state index contributed by atoms with van der Waals surface area (Å²) in [7, 11) is 1.70. The number of ether oxygens (including phenoxy) is 1. The van der Waals surface area contributed by atoms with Crippen molar-refractivity contribution in [2.24, 2.45) is 0 Å². The molecule has 0 bridgehead atoms. The maximum absolute atomic E-state index is 6.22. The zero-order chi connectivity index (χ0) is 10.6. The molecule has 0 aliphatic carbocycles. The van der Waals surface area contributed by atoms with Gasteiger partial charge in [0, 0.05) is 11.3 Å². The molecule has 0 heterocycles. The van der Waals surface area contributed by atoms with Gasteiger partial charge in [-0.3, -0.25) is 0 Å². The smallest absolute Gasteiger partial charge is 0.122 e. The average Bonchev–Trinajstić information content (AvgIpc) is 2.26. The fraction of sp³-hybridized carbons (Fsp3) is 0.500. The molecule has 0 aromatic heterocycles. The summed E-state index contributed by atoms with van der Waals surface area (Å²) in [4.78, 5) is 0. The predicted molar refractivity (Wildman–Crippen MR) is 61.3 cm³/mol. The third-order valence-corrected chi connectivity index (χ3v) is 3.25. The van der Waals surface area contributed by atoms with E-state index in [1.165, 1.54) is 5.56 Å². The Labute approximate surface area is 91.0 Å². The first kappa shape index (κ1) is 11.4. The summed E-state index contributed by atoms with van der Waals surface area (Å²) in [5.41, 5.74) is 1.19. The molecule has 2 unspecified atom stereocenters. The van der Waals surface area contributed by atoms with E-state index >= 15 is 0 Å². The molecule has 2 atom stereocenters. The van der Waals surface area contributed by atoms with Crippen LogP contribution < -0.4 is 4.74 Å². The zero-order valence-corrected chi connectivity index (χ0v) is 9.71. The molecule has 0 radical (unpaired) electrons. The average molecular weight is 213 g/mol. The molecule has 0 saturated carbocycles. The number of halogens is 1. The summed E-state index contributed by atoms with van der Waals surface area (Å²) in [5, 5.41) is 0.172. The number of benzene rings is 1. The molecule has 0 N–H and O–H groups in total. The van der Waals surface area contributed by atoms with Gasteiger partial charge in [-0.05, 0) is 18.1 Å². The lowest BCUT2D eigenvalue weighted by Gasteiger charge is -2.19. The summed E-state index contributed by atoms with van der Waals surface area (Å²) in [6, 6.07) is 8.05. The van der Waals surface area contributed by atoms with Crippen molar-refractivity contribution < 1.29 is 4.74 Å². The Morgan fingerprint density at radius 1 is 1.36 bits per heavy atom. The van der Waals surface area contributed by atoms with Crippen molar-refractivity contribution >= 4 is 11.6 Å². The van der Waals surface area contributed by atoms with Gasteiger partial charge in [0.25, 0.3) is 0 Å². The number of methoxy groups -OCH3 is 1. The van der Waals surface area contributed by atoms with Crippen LogP contribution >= 0.6 is 11.6 Å². The minimum Gasteiger partial charge on any atom is -0.496 e. The Morgan fingerprint density at radius 3 is 2.57 bits per heavy atom. The quantitative estimate of drug-likeness (QED) is 0.690. The van der Waals surface area contributed by atoms with Crippen LogP contribution in [0.1, 0.15) is 31.7 Å². The van der Waals surface area contributed by atoms with Crippen molar-refractivity contribution in [1.82, 2.24) is 0 Å². The van der Waals surface area contributed by atoms with E-state index in [9.17, 15) is 0 Å². The Kier molecular flexibility index (Phi) is 4.27. The summed E-state index contributed by atoms with van der Waals surface area (Å²) in [5.74, 6) is 1.26. The van der Waals surface area contributed by atoms with Gasteiger partial charge < -0.3 is 4.74 Å². The fourth-order valence-electron chi connectivity index (χ4n) is 1.59. The molecule has 1 rings (SSSR count). The topological polar surface area (TPSA) is 9.23 Å². The van der Waals surface area contributed by atoms with Crippen LogP contribution in [0, 0.1) is 0 Å². The van der Waals surface area contributed by atoms with Crippen molar-refractivity contribution in [3.05, 3.63) is 29.8 Å². The first-order chi connectivity index (χ1) is 6.70. The van der Waals surface area contributed by atoms with Crippen LogP contribution in [0.5, 0.6) is 5.75 Å². The fourth-order valence-corrected chi connectivity index (χ4v) is 1.73. The number of alkyl halides is 1. The van der Waals surface area contributed by atoms with Gasteiger partial charge in [0.05, 0.1) is 7.11 Å². The highest BCUT2D eigenvalue weighted by Crippen LogP contribution is 2.31. The number of hydrogen-bond donors (Lipinski definition) is 0. The molecule has 0 fully saturated rings. The van der Waals surface area contributed by atoms with E-state index in [0.29, 0.717) is 5.92 Å². The Morgan fingerprint density at radius 2 is 2.00 bits per heavy atom. The van der Waals surface area contributed by atoms with Gasteiger partial charge >= 0.3 is 0 Å². The molecule has 0 amide bonds. The lowest BCUT2D eigenvalue weighted by atomic mass is 9.95. The van der Waals surface area contributed by atoms with Crippen LogP contribution in [0.2, 0.25) is 0 Å². The predicted octanol–water partition coefficient (Wildman–Crippen LogP) is 3.82. The number of hydrogen-bond acceptors (Lipinski definition) is 1. The minimum atomic E-state index is 0.172. The second kappa shape index (κ2) is 5.26. The van der Waals surface area contributed by atoms with Gasteiger partial charge in [-0.1, -0.05) is 32.0 Å².